The predicted octanol–water partition coefficient (Wildman–Crippen LogP) is 4.61. The van der Waals surface area contributed by atoms with E-state index in [9.17, 15) is 13.5 Å². The lowest BCUT2D eigenvalue weighted by atomic mass is 10.1. The quantitative estimate of drug-likeness (QED) is 0.577. The Bertz CT molecular complexity index is 1150. The molecule has 6 nitrogen and oxygen atoms in total. The van der Waals surface area contributed by atoms with Gasteiger partial charge in [-0.3, -0.25) is 4.90 Å². The Morgan fingerprint density at radius 1 is 0.935 bits per heavy atom. The summed E-state index contributed by atoms with van der Waals surface area (Å²) in [5.74, 6) is 1.61. The third-order valence-corrected chi connectivity index (χ3v) is 6.61. The van der Waals surface area contributed by atoms with E-state index in [1.165, 1.54) is 31.4 Å². The van der Waals surface area contributed by atoms with E-state index in [0.717, 1.165) is 31.6 Å². The minimum absolute atomic E-state index is 0.104. The van der Waals surface area contributed by atoms with Crippen molar-refractivity contribution in [2.75, 3.05) is 32.5 Å². The Labute approximate surface area is 182 Å². The molecule has 1 aliphatic heterocycles. The first-order chi connectivity index (χ1) is 14.9. The second-order valence-corrected chi connectivity index (χ2v) is 9.88. The van der Waals surface area contributed by atoms with Crippen LogP contribution in [0.25, 0.3) is 10.8 Å². The maximum absolute atomic E-state index is 12.3. The summed E-state index contributed by atoms with van der Waals surface area (Å²) in [7, 11) is -3.50. The molecule has 0 radical (unpaired) electrons. The molecule has 1 aliphatic rings. The van der Waals surface area contributed by atoms with E-state index >= 15 is 0 Å². The Hall–Kier alpha value is -2.77. The minimum atomic E-state index is -3.50. The molecule has 7 heteroatoms. The summed E-state index contributed by atoms with van der Waals surface area (Å²) in [6.45, 7) is 3.83. The van der Waals surface area contributed by atoms with Crippen LogP contribution < -0.4 is 9.47 Å². The zero-order valence-corrected chi connectivity index (χ0v) is 18.4. The van der Waals surface area contributed by atoms with Crippen LogP contribution in [-0.4, -0.2) is 50.9 Å². The standard InChI is InChI=1S/C24H27NO5S/c1-31(27,28)23-12-5-18-17-19(26)6-11-22(18)24(23)30-21-9-7-20(8-10-21)29-16-15-25-13-3-2-4-14-25/h5-12,17,26H,2-4,13-16H2,1H3. The van der Waals surface area contributed by atoms with Gasteiger partial charge < -0.3 is 14.6 Å². The zero-order chi connectivity index (χ0) is 21.8. The Morgan fingerprint density at radius 2 is 1.65 bits per heavy atom. The van der Waals surface area contributed by atoms with Gasteiger partial charge >= 0.3 is 0 Å². The smallest absolute Gasteiger partial charge is 0.179 e. The van der Waals surface area contributed by atoms with Gasteiger partial charge in [0.05, 0.1) is 0 Å². The van der Waals surface area contributed by atoms with Crippen molar-refractivity contribution in [3.8, 4) is 23.0 Å². The second-order valence-electron chi connectivity index (χ2n) is 7.89. The molecule has 0 unspecified atom stereocenters. The third kappa shape index (κ3) is 5.29. The van der Waals surface area contributed by atoms with E-state index < -0.39 is 9.84 Å². The van der Waals surface area contributed by atoms with Crippen molar-refractivity contribution in [3.05, 3.63) is 54.6 Å². The number of likely N-dealkylation sites (tertiary alicyclic amines) is 1. The molecule has 1 fully saturated rings. The van der Waals surface area contributed by atoms with Crippen LogP contribution >= 0.6 is 0 Å². The summed E-state index contributed by atoms with van der Waals surface area (Å²) in [5, 5.41) is 11.1. The highest BCUT2D eigenvalue weighted by Crippen LogP contribution is 2.37. The number of sulfone groups is 1. The molecule has 1 N–H and O–H groups in total. The number of phenols is 1. The van der Waals surface area contributed by atoms with Crippen LogP contribution in [-0.2, 0) is 9.84 Å². The summed E-state index contributed by atoms with van der Waals surface area (Å²) >= 11 is 0. The van der Waals surface area contributed by atoms with Crippen molar-refractivity contribution in [1.82, 2.24) is 4.90 Å². The van der Waals surface area contributed by atoms with Crippen LogP contribution in [0.1, 0.15) is 19.3 Å². The minimum Gasteiger partial charge on any atom is -0.508 e. The van der Waals surface area contributed by atoms with Gasteiger partial charge in [-0.15, -0.1) is 0 Å². The molecule has 0 atom stereocenters. The van der Waals surface area contributed by atoms with Gasteiger partial charge in [0.15, 0.2) is 15.6 Å². The summed E-state index contributed by atoms with van der Waals surface area (Å²) in [4.78, 5) is 2.53. The molecule has 0 saturated carbocycles. The lowest BCUT2D eigenvalue weighted by molar-refractivity contribution is 0.183. The number of phenolic OH excluding ortho intramolecular Hbond substituents is 1. The van der Waals surface area contributed by atoms with Gasteiger partial charge in [-0.2, -0.15) is 0 Å². The number of piperidine rings is 1. The monoisotopic (exact) mass is 441 g/mol. The van der Waals surface area contributed by atoms with Crippen molar-refractivity contribution in [2.45, 2.75) is 24.2 Å². The van der Waals surface area contributed by atoms with Crippen LogP contribution in [0, 0.1) is 0 Å². The fourth-order valence-corrected chi connectivity index (χ4v) is 4.67. The lowest BCUT2D eigenvalue weighted by Gasteiger charge is -2.26. The number of hydrogen-bond acceptors (Lipinski definition) is 6. The van der Waals surface area contributed by atoms with Gasteiger partial charge in [0.25, 0.3) is 0 Å². The molecule has 3 aromatic rings. The molecule has 4 rings (SSSR count). The fourth-order valence-electron chi connectivity index (χ4n) is 3.86. The highest BCUT2D eigenvalue weighted by atomic mass is 32.2. The van der Waals surface area contributed by atoms with Crippen molar-refractivity contribution in [1.29, 1.82) is 0 Å². The van der Waals surface area contributed by atoms with E-state index in [2.05, 4.69) is 4.90 Å². The first-order valence-corrected chi connectivity index (χ1v) is 12.4. The average molecular weight is 442 g/mol. The molecule has 1 saturated heterocycles. The topological polar surface area (TPSA) is 76.1 Å². The number of hydrogen-bond donors (Lipinski definition) is 1. The first-order valence-electron chi connectivity index (χ1n) is 10.5. The zero-order valence-electron chi connectivity index (χ0n) is 17.6. The molecular formula is C24H27NO5S. The first kappa shape index (κ1) is 21.5. The van der Waals surface area contributed by atoms with Gasteiger partial charge in [-0.25, -0.2) is 8.42 Å². The SMILES string of the molecule is CS(=O)(=O)c1ccc2cc(O)ccc2c1Oc1ccc(OCCN2CCCCC2)cc1. The number of ether oxygens (including phenoxy) is 2. The number of aromatic hydroxyl groups is 1. The molecule has 1 heterocycles. The number of rotatable bonds is 7. The lowest BCUT2D eigenvalue weighted by Crippen LogP contribution is -2.33. The highest BCUT2D eigenvalue weighted by Gasteiger charge is 2.19. The van der Waals surface area contributed by atoms with Gasteiger partial charge in [-0.05, 0) is 79.8 Å². The van der Waals surface area contributed by atoms with Gasteiger partial charge in [0.1, 0.15) is 28.8 Å². The Kier molecular flexibility index (Phi) is 6.34. The summed E-state index contributed by atoms with van der Waals surface area (Å²) in [6.07, 6.45) is 4.99. The van der Waals surface area contributed by atoms with Crippen LogP contribution in [0.2, 0.25) is 0 Å². The average Bonchev–Trinajstić information content (AvgIpc) is 2.75. The highest BCUT2D eigenvalue weighted by molar-refractivity contribution is 7.90. The van der Waals surface area contributed by atoms with E-state index in [0.29, 0.717) is 23.1 Å². The molecule has 0 amide bonds. The maximum atomic E-state index is 12.3. The number of fused-ring (bicyclic) bond motifs is 1. The predicted molar refractivity (Wildman–Crippen MR) is 121 cm³/mol. The van der Waals surface area contributed by atoms with Crippen molar-refractivity contribution in [3.63, 3.8) is 0 Å². The van der Waals surface area contributed by atoms with Crippen molar-refractivity contribution >= 4 is 20.6 Å². The fraction of sp³-hybridized carbons (Fsp3) is 0.333. The van der Waals surface area contributed by atoms with Gasteiger partial charge in [0, 0.05) is 18.2 Å². The van der Waals surface area contributed by atoms with E-state index in [1.54, 1.807) is 30.3 Å². The normalized spacial score (nSPS) is 15.1. The van der Waals surface area contributed by atoms with Crippen molar-refractivity contribution < 1.29 is 23.0 Å². The van der Waals surface area contributed by atoms with Gasteiger partial charge in [0.2, 0.25) is 0 Å². The van der Waals surface area contributed by atoms with E-state index in [-0.39, 0.29) is 16.4 Å². The molecule has 0 spiro atoms. The Morgan fingerprint density at radius 3 is 2.35 bits per heavy atom. The second kappa shape index (κ2) is 9.16. The summed E-state index contributed by atoms with van der Waals surface area (Å²) < 4.78 is 36.5. The number of benzene rings is 3. The van der Waals surface area contributed by atoms with E-state index in [1.807, 2.05) is 12.1 Å². The van der Waals surface area contributed by atoms with Crippen LogP contribution in [0.3, 0.4) is 0 Å². The van der Waals surface area contributed by atoms with Crippen LogP contribution in [0.4, 0.5) is 0 Å². The summed E-state index contributed by atoms with van der Waals surface area (Å²) in [5.41, 5.74) is 0. The molecule has 0 aliphatic carbocycles. The third-order valence-electron chi connectivity index (χ3n) is 5.49. The summed E-state index contributed by atoms with van der Waals surface area (Å²) in [6, 6.07) is 15.1. The maximum Gasteiger partial charge on any atom is 0.179 e. The molecular weight excluding hydrogens is 414 g/mol. The molecule has 0 aromatic heterocycles. The van der Waals surface area contributed by atoms with E-state index in [4.69, 9.17) is 9.47 Å². The molecule has 164 valence electrons. The van der Waals surface area contributed by atoms with Crippen LogP contribution in [0.5, 0.6) is 23.0 Å². The molecule has 0 bridgehead atoms. The Balaban J connectivity index is 1.50. The van der Waals surface area contributed by atoms with Crippen LogP contribution in [0.15, 0.2) is 59.5 Å². The molecule has 31 heavy (non-hydrogen) atoms. The largest absolute Gasteiger partial charge is 0.508 e. The van der Waals surface area contributed by atoms with Gasteiger partial charge in [-0.1, -0.05) is 12.5 Å². The number of nitrogens with zero attached hydrogens (tertiary/aromatic N) is 1. The van der Waals surface area contributed by atoms with Crippen molar-refractivity contribution in [2.24, 2.45) is 0 Å². The molecule has 3 aromatic carbocycles.